The van der Waals surface area contributed by atoms with E-state index in [0.717, 1.165) is 16.7 Å². The summed E-state index contributed by atoms with van der Waals surface area (Å²) in [5.74, 6) is 0. The molecule has 0 amide bonds. The van der Waals surface area contributed by atoms with Crippen molar-refractivity contribution in [2.45, 2.75) is 25.7 Å². The van der Waals surface area contributed by atoms with Gasteiger partial charge in [0.15, 0.2) is 0 Å². The highest BCUT2D eigenvalue weighted by Crippen LogP contribution is 2.33. The molecule has 0 fully saturated rings. The molecule has 1 aliphatic rings. The quantitative estimate of drug-likeness (QED) is 0.153. The van der Waals surface area contributed by atoms with Crippen LogP contribution in [0.1, 0.15) is 24.0 Å². The SMILES string of the molecule is Nc1ccc2ccc3c4c(ccc3c2c1)CCCC4.c1ccc2nc3ccccc3cc2c1. The number of anilines is 1. The van der Waals surface area contributed by atoms with E-state index in [4.69, 9.17) is 5.73 Å². The van der Waals surface area contributed by atoms with Crippen molar-refractivity contribution in [3.8, 4) is 0 Å². The van der Waals surface area contributed by atoms with Gasteiger partial charge in [-0.05, 0) is 88.7 Å². The number of hydrogen-bond donors (Lipinski definition) is 1. The molecular formula is C31H26N2. The molecule has 2 N–H and O–H groups in total. The van der Waals surface area contributed by atoms with Gasteiger partial charge in [-0.2, -0.15) is 0 Å². The molecule has 6 aromatic rings. The molecule has 0 spiro atoms. The van der Waals surface area contributed by atoms with Gasteiger partial charge in [-0.3, -0.25) is 0 Å². The molecule has 1 heterocycles. The standard InChI is InChI=1S/C18H17N.C13H9N/c19-14-8-5-13-7-9-16-15-4-2-1-3-12(15)6-10-17(16)18(13)11-14;1-3-7-12-10(5-1)9-11-6-2-4-8-13(11)14-12/h5-11H,1-4,19H2;1-9H. The maximum Gasteiger partial charge on any atom is 0.0709 e. The Morgan fingerprint density at radius 3 is 2.00 bits per heavy atom. The van der Waals surface area contributed by atoms with Crippen molar-refractivity contribution in [1.29, 1.82) is 0 Å². The summed E-state index contributed by atoms with van der Waals surface area (Å²) in [6, 6.07) is 33.9. The molecule has 7 rings (SSSR count). The summed E-state index contributed by atoms with van der Waals surface area (Å²) in [4.78, 5) is 4.58. The fourth-order valence-corrected chi connectivity index (χ4v) is 5.13. The van der Waals surface area contributed by atoms with Crippen LogP contribution >= 0.6 is 0 Å². The Hall–Kier alpha value is -3.91. The topological polar surface area (TPSA) is 38.9 Å². The number of benzene rings is 5. The second-order valence-corrected chi connectivity index (χ2v) is 8.93. The number of nitrogens with zero attached hydrogens (tertiary/aromatic N) is 1. The van der Waals surface area contributed by atoms with Crippen molar-refractivity contribution in [1.82, 2.24) is 4.98 Å². The minimum absolute atomic E-state index is 0.845. The fourth-order valence-electron chi connectivity index (χ4n) is 5.13. The zero-order chi connectivity index (χ0) is 22.2. The Morgan fingerprint density at radius 1 is 0.545 bits per heavy atom. The summed E-state index contributed by atoms with van der Waals surface area (Å²) >= 11 is 0. The van der Waals surface area contributed by atoms with Gasteiger partial charge in [-0.25, -0.2) is 4.98 Å². The number of nitrogens with two attached hydrogens (primary N) is 1. The molecule has 33 heavy (non-hydrogen) atoms. The fraction of sp³-hybridized carbons (Fsp3) is 0.129. The summed E-state index contributed by atoms with van der Waals surface area (Å²) in [6.07, 6.45) is 5.11. The third kappa shape index (κ3) is 3.68. The van der Waals surface area contributed by atoms with Gasteiger partial charge in [-0.1, -0.05) is 66.7 Å². The zero-order valence-corrected chi connectivity index (χ0v) is 18.6. The lowest BCUT2D eigenvalue weighted by molar-refractivity contribution is 0.690. The van der Waals surface area contributed by atoms with E-state index >= 15 is 0 Å². The lowest BCUT2D eigenvalue weighted by atomic mass is 9.86. The van der Waals surface area contributed by atoms with Crippen molar-refractivity contribution in [2.75, 3.05) is 5.73 Å². The van der Waals surface area contributed by atoms with Crippen molar-refractivity contribution in [3.05, 3.63) is 108 Å². The van der Waals surface area contributed by atoms with E-state index in [2.05, 4.69) is 59.6 Å². The average molecular weight is 427 g/mol. The number of para-hydroxylation sites is 2. The molecule has 0 unspecified atom stereocenters. The Morgan fingerprint density at radius 2 is 1.21 bits per heavy atom. The van der Waals surface area contributed by atoms with Crippen LogP contribution < -0.4 is 5.73 Å². The van der Waals surface area contributed by atoms with Crippen LogP contribution in [-0.4, -0.2) is 4.98 Å². The van der Waals surface area contributed by atoms with Gasteiger partial charge < -0.3 is 5.73 Å². The summed E-state index contributed by atoms with van der Waals surface area (Å²) in [6.45, 7) is 0. The molecule has 0 saturated heterocycles. The number of nitrogen functional groups attached to an aromatic ring is 1. The molecule has 1 aromatic heterocycles. The molecule has 0 radical (unpaired) electrons. The second kappa shape index (κ2) is 8.22. The first-order valence-corrected chi connectivity index (χ1v) is 11.7. The molecule has 1 aliphatic carbocycles. The molecule has 2 heteroatoms. The third-order valence-corrected chi connectivity index (χ3v) is 6.80. The van der Waals surface area contributed by atoms with Gasteiger partial charge in [0.2, 0.25) is 0 Å². The van der Waals surface area contributed by atoms with Crippen LogP contribution in [0.25, 0.3) is 43.4 Å². The normalized spacial score (nSPS) is 13.1. The van der Waals surface area contributed by atoms with Gasteiger partial charge in [0.05, 0.1) is 11.0 Å². The number of fused-ring (bicyclic) bond motifs is 7. The summed E-state index contributed by atoms with van der Waals surface area (Å²) < 4.78 is 0. The van der Waals surface area contributed by atoms with E-state index in [1.165, 1.54) is 58.0 Å². The molecule has 0 bridgehead atoms. The summed E-state index contributed by atoms with van der Waals surface area (Å²) in [5, 5.41) is 7.74. The van der Waals surface area contributed by atoms with Crippen molar-refractivity contribution in [3.63, 3.8) is 0 Å². The van der Waals surface area contributed by atoms with E-state index in [1.54, 1.807) is 11.1 Å². The van der Waals surface area contributed by atoms with E-state index in [-0.39, 0.29) is 0 Å². The van der Waals surface area contributed by atoms with Crippen molar-refractivity contribution >= 4 is 49.0 Å². The third-order valence-electron chi connectivity index (χ3n) is 6.80. The molecule has 0 saturated carbocycles. The second-order valence-electron chi connectivity index (χ2n) is 8.93. The maximum atomic E-state index is 5.95. The molecular weight excluding hydrogens is 400 g/mol. The van der Waals surface area contributed by atoms with Crippen LogP contribution in [0.15, 0.2) is 97.1 Å². The first-order valence-electron chi connectivity index (χ1n) is 11.7. The van der Waals surface area contributed by atoms with E-state index in [9.17, 15) is 0 Å². The van der Waals surface area contributed by atoms with E-state index in [1.807, 2.05) is 42.5 Å². The Balaban J connectivity index is 0.000000131. The maximum absolute atomic E-state index is 5.95. The number of pyridine rings is 1. The summed E-state index contributed by atoms with van der Waals surface area (Å²) in [5.41, 5.74) is 12.0. The minimum atomic E-state index is 0.845. The highest BCUT2D eigenvalue weighted by molar-refractivity contribution is 6.09. The Bertz CT molecular complexity index is 1530. The molecule has 2 nitrogen and oxygen atoms in total. The van der Waals surface area contributed by atoms with Crippen LogP contribution in [0.3, 0.4) is 0 Å². The number of hydrogen-bond acceptors (Lipinski definition) is 2. The van der Waals surface area contributed by atoms with Crippen LogP contribution in [0.4, 0.5) is 5.69 Å². The first kappa shape index (κ1) is 19.8. The van der Waals surface area contributed by atoms with Gasteiger partial charge in [-0.15, -0.1) is 0 Å². The van der Waals surface area contributed by atoms with Gasteiger partial charge in [0.1, 0.15) is 0 Å². The van der Waals surface area contributed by atoms with Crippen LogP contribution in [0.5, 0.6) is 0 Å². The monoisotopic (exact) mass is 426 g/mol. The van der Waals surface area contributed by atoms with E-state index in [0.29, 0.717) is 0 Å². The molecule has 0 atom stereocenters. The number of aryl methyl sites for hydroxylation is 2. The zero-order valence-electron chi connectivity index (χ0n) is 18.6. The number of rotatable bonds is 0. The van der Waals surface area contributed by atoms with Crippen LogP contribution in [-0.2, 0) is 12.8 Å². The Labute approximate surface area is 193 Å². The minimum Gasteiger partial charge on any atom is -0.399 e. The van der Waals surface area contributed by atoms with Crippen molar-refractivity contribution < 1.29 is 0 Å². The highest BCUT2D eigenvalue weighted by Gasteiger charge is 2.13. The Kier molecular flexibility index (Phi) is 4.92. The van der Waals surface area contributed by atoms with Gasteiger partial charge in [0.25, 0.3) is 0 Å². The molecule has 160 valence electrons. The van der Waals surface area contributed by atoms with Gasteiger partial charge >= 0.3 is 0 Å². The first-order chi connectivity index (χ1) is 16.3. The van der Waals surface area contributed by atoms with Crippen LogP contribution in [0.2, 0.25) is 0 Å². The molecule has 5 aromatic carbocycles. The lowest BCUT2D eigenvalue weighted by Crippen LogP contribution is -2.03. The number of aromatic nitrogens is 1. The summed E-state index contributed by atoms with van der Waals surface area (Å²) in [7, 11) is 0. The average Bonchev–Trinajstić information content (AvgIpc) is 2.87. The predicted molar refractivity (Wildman–Crippen MR) is 142 cm³/mol. The van der Waals surface area contributed by atoms with Crippen molar-refractivity contribution in [2.24, 2.45) is 0 Å². The lowest BCUT2D eigenvalue weighted by Gasteiger charge is -2.18. The largest absolute Gasteiger partial charge is 0.399 e. The van der Waals surface area contributed by atoms with Crippen LogP contribution in [0, 0.1) is 0 Å². The molecule has 0 aliphatic heterocycles. The van der Waals surface area contributed by atoms with E-state index < -0.39 is 0 Å². The highest BCUT2D eigenvalue weighted by atomic mass is 14.7. The van der Waals surface area contributed by atoms with Gasteiger partial charge in [0, 0.05) is 16.5 Å². The smallest absolute Gasteiger partial charge is 0.0709 e. The predicted octanol–water partition coefficient (Wildman–Crippen LogP) is 7.84.